The highest BCUT2D eigenvalue weighted by Crippen LogP contribution is 2.34. The molecule has 0 saturated carbocycles. The van der Waals surface area contributed by atoms with Crippen molar-refractivity contribution in [2.75, 3.05) is 32.7 Å². The van der Waals surface area contributed by atoms with Gasteiger partial charge in [0.2, 0.25) is 5.75 Å². The highest BCUT2D eigenvalue weighted by molar-refractivity contribution is 5.86. The first-order chi connectivity index (χ1) is 15.6. The van der Waals surface area contributed by atoms with Gasteiger partial charge in [-0.15, -0.1) is 0 Å². The number of rotatable bonds is 13. The van der Waals surface area contributed by atoms with E-state index in [-0.39, 0.29) is 22.1 Å². The largest absolute Gasteiger partial charge is 0.504 e. The van der Waals surface area contributed by atoms with Gasteiger partial charge < -0.3 is 31.0 Å². The lowest BCUT2D eigenvalue weighted by Gasteiger charge is -2.08. The molecule has 32 heavy (non-hydrogen) atoms. The van der Waals surface area contributed by atoms with Crippen molar-refractivity contribution in [1.29, 1.82) is 0 Å². The van der Waals surface area contributed by atoms with E-state index in [0.29, 0.717) is 5.76 Å². The smallest absolute Gasteiger partial charge is 0.201 e. The third-order valence-electron chi connectivity index (χ3n) is 5.42. The summed E-state index contributed by atoms with van der Waals surface area (Å²) in [5.41, 5.74) is 7.15. The Morgan fingerprint density at radius 1 is 0.844 bits per heavy atom. The van der Waals surface area contributed by atoms with Gasteiger partial charge in [0, 0.05) is 11.6 Å². The maximum Gasteiger partial charge on any atom is 0.201 e. The number of phenolic OH excluding ortho intramolecular Hbond substituents is 2. The Bertz CT molecular complexity index is 1050. The van der Waals surface area contributed by atoms with Crippen LogP contribution in [0.15, 0.2) is 51.7 Å². The molecule has 7 heteroatoms. The molecule has 0 unspecified atom stereocenters. The predicted molar refractivity (Wildman–Crippen MR) is 128 cm³/mol. The number of phenols is 2. The molecule has 0 amide bonds. The summed E-state index contributed by atoms with van der Waals surface area (Å²) in [6, 6.07) is 12.0. The Morgan fingerprint density at radius 2 is 1.50 bits per heavy atom. The van der Waals surface area contributed by atoms with Crippen LogP contribution in [0, 0.1) is 0 Å². The number of aromatic hydroxyl groups is 2. The van der Waals surface area contributed by atoms with Crippen LogP contribution in [0.4, 0.5) is 0 Å². The molecular weight excluding hydrogens is 406 g/mol. The van der Waals surface area contributed by atoms with Crippen LogP contribution in [0.1, 0.15) is 31.2 Å². The van der Waals surface area contributed by atoms with Gasteiger partial charge in [0.1, 0.15) is 5.76 Å². The maximum absolute atomic E-state index is 12.4. The zero-order valence-corrected chi connectivity index (χ0v) is 18.4. The number of unbranched alkanes of at least 4 members (excludes halogenated alkanes) is 1. The summed E-state index contributed by atoms with van der Waals surface area (Å²) < 4.78 is 5.72. The SMILES string of the molecule is NCCCNCCCCNCCCc1ccc(-c2cc(=O)c3ccc(O)c(O)c3o2)cc1. The molecule has 0 aliphatic heterocycles. The summed E-state index contributed by atoms with van der Waals surface area (Å²) in [6.45, 7) is 4.80. The molecule has 0 atom stereocenters. The van der Waals surface area contributed by atoms with E-state index in [9.17, 15) is 15.0 Å². The second kappa shape index (κ2) is 12.2. The van der Waals surface area contributed by atoms with Gasteiger partial charge in [-0.25, -0.2) is 0 Å². The van der Waals surface area contributed by atoms with Gasteiger partial charge in [-0.3, -0.25) is 4.79 Å². The Labute approximate surface area is 188 Å². The minimum atomic E-state index is -0.423. The van der Waals surface area contributed by atoms with Crippen LogP contribution >= 0.6 is 0 Å². The molecule has 0 fully saturated rings. The summed E-state index contributed by atoms with van der Waals surface area (Å²) in [5.74, 6) is -0.386. The molecule has 1 heterocycles. The van der Waals surface area contributed by atoms with Gasteiger partial charge in [-0.2, -0.15) is 0 Å². The number of hydrogen-bond donors (Lipinski definition) is 5. The van der Waals surface area contributed by atoms with E-state index >= 15 is 0 Å². The second-order valence-electron chi connectivity index (χ2n) is 7.93. The minimum Gasteiger partial charge on any atom is -0.504 e. The number of fused-ring (bicyclic) bond motifs is 1. The minimum absolute atomic E-state index is 0.00556. The number of benzene rings is 2. The highest BCUT2D eigenvalue weighted by atomic mass is 16.4. The number of nitrogens with two attached hydrogens (primary N) is 1. The molecule has 0 radical (unpaired) electrons. The van der Waals surface area contributed by atoms with Crippen LogP contribution in [0.25, 0.3) is 22.3 Å². The molecule has 0 saturated heterocycles. The van der Waals surface area contributed by atoms with E-state index in [1.54, 1.807) is 0 Å². The van der Waals surface area contributed by atoms with Crippen molar-refractivity contribution in [3.8, 4) is 22.8 Å². The topological polar surface area (TPSA) is 121 Å². The van der Waals surface area contributed by atoms with Crippen molar-refractivity contribution >= 4 is 11.0 Å². The molecule has 1 aromatic heterocycles. The number of nitrogens with one attached hydrogen (secondary N) is 2. The Balaban J connectivity index is 1.45. The fourth-order valence-electron chi connectivity index (χ4n) is 3.57. The molecule has 0 aliphatic carbocycles. The molecule has 7 nitrogen and oxygen atoms in total. The van der Waals surface area contributed by atoms with Crippen LogP contribution in [-0.2, 0) is 6.42 Å². The van der Waals surface area contributed by atoms with Gasteiger partial charge in [0.25, 0.3) is 0 Å². The lowest BCUT2D eigenvalue weighted by Crippen LogP contribution is -2.21. The fraction of sp³-hybridized carbons (Fsp3) is 0.400. The molecule has 6 N–H and O–H groups in total. The molecule has 0 aliphatic rings. The van der Waals surface area contributed by atoms with E-state index in [1.165, 1.54) is 30.2 Å². The highest BCUT2D eigenvalue weighted by Gasteiger charge is 2.13. The van der Waals surface area contributed by atoms with Crippen LogP contribution in [0.5, 0.6) is 11.5 Å². The van der Waals surface area contributed by atoms with Crippen LogP contribution in [0.3, 0.4) is 0 Å². The van der Waals surface area contributed by atoms with Crippen molar-refractivity contribution in [2.45, 2.75) is 32.1 Å². The van der Waals surface area contributed by atoms with Gasteiger partial charge in [-0.1, -0.05) is 24.3 Å². The third-order valence-corrected chi connectivity index (χ3v) is 5.42. The van der Waals surface area contributed by atoms with E-state index in [1.807, 2.05) is 24.3 Å². The first-order valence-corrected chi connectivity index (χ1v) is 11.3. The average Bonchev–Trinajstić information content (AvgIpc) is 2.80. The van der Waals surface area contributed by atoms with Crippen molar-refractivity contribution in [1.82, 2.24) is 10.6 Å². The fourth-order valence-corrected chi connectivity index (χ4v) is 3.57. The quantitative estimate of drug-likeness (QED) is 0.205. The Kier molecular flexibility index (Phi) is 9.10. The molecule has 0 bridgehead atoms. The third kappa shape index (κ3) is 6.56. The molecular formula is C25H33N3O4. The lowest BCUT2D eigenvalue weighted by molar-refractivity contribution is 0.400. The van der Waals surface area contributed by atoms with Gasteiger partial charge in [0.05, 0.1) is 5.39 Å². The summed E-state index contributed by atoms with van der Waals surface area (Å²) in [5, 5.41) is 26.8. The first kappa shape index (κ1) is 23.8. The standard InChI is InChI=1S/C25H33N3O4/c26-12-4-16-28-14-2-1-13-27-15-3-5-18-6-8-19(9-7-18)23-17-22(30)20-10-11-21(29)24(31)25(20)32-23/h6-11,17,27-29,31H,1-5,12-16,26H2. The lowest BCUT2D eigenvalue weighted by atomic mass is 10.1. The predicted octanol–water partition coefficient (Wildman–Crippen LogP) is 3.11. The van der Waals surface area contributed by atoms with E-state index in [4.69, 9.17) is 10.2 Å². The van der Waals surface area contributed by atoms with Crippen LogP contribution < -0.4 is 21.8 Å². The summed E-state index contributed by atoms with van der Waals surface area (Å²) >= 11 is 0. The van der Waals surface area contributed by atoms with Crippen LogP contribution in [-0.4, -0.2) is 42.9 Å². The second-order valence-corrected chi connectivity index (χ2v) is 7.93. The van der Waals surface area contributed by atoms with E-state index < -0.39 is 5.75 Å². The number of aryl methyl sites for hydroxylation is 1. The summed E-state index contributed by atoms with van der Waals surface area (Å²) in [6.07, 6.45) is 5.37. The van der Waals surface area contributed by atoms with Crippen molar-refractivity contribution in [3.05, 3.63) is 58.3 Å². The van der Waals surface area contributed by atoms with E-state index in [2.05, 4.69) is 10.6 Å². The maximum atomic E-state index is 12.4. The summed E-state index contributed by atoms with van der Waals surface area (Å²) in [4.78, 5) is 12.4. The Morgan fingerprint density at radius 3 is 2.19 bits per heavy atom. The monoisotopic (exact) mass is 439 g/mol. The van der Waals surface area contributed by atoms with Crippen LogP contribution in [0.2, 0.25) is 0 Å². The zero-order valence-electron chi connectivity index (χ0n) is 18.4. The first-order valence-electron chi connectivity index (χ1n) is 11.3. The molecule has 3 rings (SSSR count). The van der Waals surface area contributed by atoms with Crippen molar-refractivity contribution in [3.63, 3.8) is 0 Å². The Hall–Kier alpha value is -2.87. The van der Waals surface area contributed by atoms with Gasteiger partial charge >= 0.3 is 0 Å². The van der Waals surface area contributed by atoms with Crippen molar-refractivity contribution < 1.29 is 14.6 Å². The van der Waals surface area contributed by atoms with Crippen molar-refractivity contribution in [2.24, 2.45) is 5.73 Å². The summed E-state index contributed by atoms with van der Waals surface area (Å²) in [7, 11) is 0. The normalized spacial score (nSPS) is 11.3. The molecule has 172 valence electrons. The number of hydrogen-bond acceptors (Lipinski definition) is 7. The average molecular weight is 440 g/mol. The van der Waals surface area contributed by atoms with Gasteiger partial charge in [-0.05, 0) is 82.5 Å². The molecule has 0 spiro atoms. The molecule has 3 aromatic rings. The zero-order chi connectivity index (χ0) is 22.8. The molecule has 2 aromatic carbocycles. The van der Waals surface area contributed by atoms with E-state index in [0.717, 1.165) is 64.0 Å². The van der Waals surface area contributed by atoms with Gasteiger partial charge in [0.15, 0.2) is 16.8 Å².